The number of azo groups is 1. The van der Waals surface area contributed by atoms with Crippen LogP contribution in [0.3, 0.4) is 0 Å². The Morgan fingerprint density at radius 1 is 0.710 bits per heavy atom. The Balaban J connectivity index is 1.93. The standard InChI is InChI=1S/C18H12N4O7S2/c23-18-13(9-15(31(27,28)29)11-4-2-8-20-17(11)18)22-21-12-5-6-14(30(24,25)26)10-3-1-7-19-16(10)12/h1-9,23H,(H,24,25,26)(H,27,28,29). The maximum absolute atomic E-state index is 11.8. The van der Waals surface area contributed by atoms with Crippen LogP contribution in [0.5, 0.6) is 5.75 Å². The highest BCUT2D eigenvalue weighted by atomic mass is 32.2. The van der Waals surface area contributed by atoms with Crippen LogP contribution >= 0.6 is 0 Å². The molecule has 0 aliphatic rings. The fourth-order valence-electron chi connectivity index (χ4n) is 3.02. The van der Waals surface area contributed by atoms with E-state index in [0.29, 0.717) is 0 Å². The molecular weight excluding hydrogens is 448 g/mol. The van der Waals surface area contributed by atoms with Gasteiger partial charge in [0.1, 0.15) is 26.7 Å². The molecule has 0 fully saturated rings. The summed E-state index contributed by atoms with van der Waals surface area (Å²) in [6.45, 7) is 0. The number of phenolic OH excluding ortho intramolecular Hbond substituents is 1. The number of aromatic hydroxyl groups is 1. The Morgan fingerprint density at radius 2 is 1.26 bits per heavy atom. The highest BCUT2D eigenvalue weighted by Crippen LogP contribution is 2.39. The number of fused-ring (bicyclic) bond motifs is 2. The lowest BCUT2D eigenvalue weighted by Gasteiger charge is -2.08. The molecule has 0 bridgehead atoms. The van der Waals surface area contributed by atoms with Gasteiger partial charge >= 0.3 is 0 Å². The van der Waals surface area contributed by atoms with Crippen molar-refractivity contribution in [1.29, 1.82) is 0 Å². The van der Waals surface area contributed by atoms with Gasteiger partial charge in [-0.15, -0.1) is 10.2 Å². The molecule has 2 aromatic carbocycles. The second kappa shape index (κ2) is 7.31. The van der Waals surface area contributed by atoms with Crippen LogP contribution < -0.4 is 0 Å². The van der Waals surface area contributed by atoms with Gasteiger partial charge in [0.05, 0.1) is 5.52 Å². The van der Waals surface area contributed by atoms with Crippen molar-refractivity contribution in [2.75, 3.05) is 0 Å². The Labute approximate surface area is 175 Å². The second-order valence-electron chi connectivity index (χ2n) is 6.27. The third-order valence-electron chi connectivity index (χ3n) is 4.34. The van der Waals surface area contributed by atoms with Gasteiger partial charge in [-0.05, 0) is 42.5 Å². The lowest BCUT2D eigenvalue weighted by molar-refractivity contribution is 0.478. The van der Waals surface area contributed by atoms with Gasteiger partial charge in [0.15, 0.2) is 5.75 Å². The molecule has 4 rings (SSSR count). The molecule has 13 heteroatoms. The monoisotopic (exact) mass is 460 g/mol. The minimum absolute atomic E-state index is 0.00827. The highest BCUT2D eigenvalue weighted by molar-refractivity contribution is 7.86. The number of nitrogens with zero attached hydrogens (tertiary/aromatic N) is 4. The van der Waals surface area contributed by atoms with Crippen LogP contribution in [-0.2, 0) is 20.2 Å². The van der Waals surface area contributed by atoms with E-state index in [1.165, 1.54) is 42.7 Å². The summed E-state index contributed by atoms with van der Waals surface area (Å²) in [6.07, 6.45) is 2.70. The highest BCUT2D eigenvalue weighted by Gasteiger charge is 2.21. The number of benzene rings is 2. The molecule has 2 heterocycles. The first kappa shape index (κ1) is 20.7. The van der Waals surface area contributed by atoms with E-state index in [0.717, 1.165) is 12.1 Å². The van der Waals surface area contributed by atoms with Gasteiger partial charge in [0.2, 0.25) is 0 Å². The Kier molecular flexibility index (Phi) is 4.89. The molecule has 0 amide bonds. The van der Waals surface area contributed by atoms with E-state index in [2.05, 4.69) is 20.2 Å². The van der Waals surface area contributed by atoms with E-state index >= 15 is 0 Å². The first-order chi connectivity index (χ1) is 14.6. The van der Waals surface area contributed by atoms with E-state index in [1.54, 1.807) is 0 Å². The molecule has 0 aliphatic carbocycles. The van der Waals surface area contributed by atoms with Gasteiger partial charge in [-0.1, -0.05) is 0 Å². The first-order valence-corrected chi connectivity index (χ1v) is 11.3. The van der Waals surface area contributed by atoms with Crippen LogP contribution in [0.1, 0.15) is 0 Å². The third-order valence-corrected chi connectivity index (χ3v) is 6.14. The molecule has 3 N–H and O–H groups in total. The molecule has 0 unspecified atom stereocenters. The maximum atomic E-state index is 11.8. The molecule has 0 radical (unpaired) electrons. The Morgan fingerprint density at radius 3 is 1.87 bits per heavy atom. The van der Waals surface area contributed by atoms with Crippen molar-refractivity contribution in [2.45, 2.75) is 9.79 Å². The third kappa shape index (κ3) is 3.82. The van der Waals surface area contributed by atoms with Crippen LogP contribution in [0.4, 0.5) is 11.4 Å². The lowest BCUT2D eigenvalue weighted by atomic mass is 10.2. The largest absolute Gasteiger partial charge is 0.504 e. The summed E-state index contributed by atoms with van der Waals surface area (Å²) in [7, 11) is -9.19. The smallest absolute Gasteiger partial charge is 0.295 e. The molecule has 0 spiro atoms. The fourth-order valence-corrected chi connectivity index (χ4v) is 4.40. The van der Waals surface area contributed by atoms with Crippen molar-refractivity contribution < 1.29 is 31.0 Å². The van der Waals surface area contributed by atoms with Crippen molar-refractivity contribution in [2.24, 2.45) is 10.2 Å². The van der Waals surface area contributed by atoms with E-state index in [9.17, 15) is 31.0 Å². The van der Waals surface area contributed by atoms with Gasteiger partial charge in [-0.25, -0.2) is 0 Å². The summed E-state index contributed by atoms with van der Waals surface area (Å²) in [6, 6.07) is 8.96. The molecule has 0 aliphatic heterocycles. The van der Waals surface area contributed by atoms with Crippen LogP contribution in [0, 0.1) is 0 Å². The molecule has 0 atom stereocenters. The summed E-state index contributed by atoms with van der Waals surface area (Å²) in [5.74, 6) is -0.474. The minimum Gasteiger partial charge on any atom is -0.504 e. The van der Waals surface area contributed by atoms with Crippen molar-refractivity contribution in [3.63, 3.8) is 0 Å². The van der Waals surface area contributed by atoms with Crippen molar-refractivity contribution in [3.05, 3.63) is 54.9 Å². The molecule has 0 saturated carbocycles. The van der Waals surface area contributed by atoms with E-state index in [4.69, 9.17) is 0 Å². The zero-order valence-electron chi connectivity index (χ0n) is 15.3. The van der Waals surface area contributed by atoms with Gasteiger partial charge in [0.25, 0.3) is 20.2 Å². The zero-order valence-corrected chi connectivity index (χ0v) is 16.9. The second-order valence-corrected chi connectivity index (χ2v) is 9.05. The summed E-state index contributed by atoms with van der Waals surface area (Å²) >= 11 is 0. The van der Waals surface area contributed by atoms with E-state index < -0.39 is 30.9 Å². The molecule has 158 valence electrons. The summed E-state index contributed by atoms with van der Waals surface area (Å²) in [5, 5.41) is 18.3. The van der Waals surface area contributed by atoms with Crippen LogP contribution in [0.25, 0.3) is 21.8 Å². The number of hydrogen-bond acceptors (Lipinski definition) is 9. The summed E-state index contributed by atoms with van der Waals surface area (Å²) in [4.78, 5) is 7.09. The average Bonchev–Trinajstić information content (AvgIpc) is 2.71. The first-order valence-electron chi connectivity index (χ1n) is 8.42. The van der Waals surface area contributed by atoms with Crippen LogP contribution in [-0.4, -0.2) is 41.0 Å². The van der Waals surface area contributed by atoms with Gasteiger partial charge in [-0.3, -0.25) is 19.1 Å². The number of aromatic nitrogens is 2. The molecule has 4 aromatic rings. The summed E-state index contributed by atoms with van der Waals surface area (Å²) in [5.41, 5.74) is -0.246. The minimum atomic E-state index is -4.67. The van der Waals surface area contributed by atoms with Crippen LogP contribution in [0.15, 0.2) is 74.9 Å². The molecule has 11 nitrogen and oxygen atoms in total. The normalized spacial score (nSPS) is 12.7. The summed E-state index contributed by atoms with van der Waals surface area (Å²) < 4.78 is 65.7. The molecule has 0 saturated heterocycles. The van der Waals surface area contributed by atoms with Crippen LogP contribution in [0.2, 0.25) is 0 Å². The molecular formula is C18H12N4O7S2. The SMILES string of the molecule is O=S(=O)(O)c1ccc(N=Nc2cc(S(=O)(=O)O)c3cccnc3c2O)c2ncccc12. The molecule has 31 heavy (non-hydrogen) atoms. The Hall–Kier alpha value is -3.52. The number of rotatable bonds is 4. The van der Waals surface area contributed by atoms with E-state index in [-0.39, 0.29) is 38.1 Å². The van der Waals surface area contributed by atoms with E-state index in [1.807, 2.05) is 0 Å². The van der Waals surface area contributed by atoms with Crippen molar-refractivity contribution in [1.82, 2.24) is 9.97 Å². The van der Waals surface area contributed by atoms with Gasteiger partial charge in [0, 0.05) is 23.2 Å². The van der Waals surface area contributed by atoms with Gasteiger partial charge in [-0.2, -0.15) is 16.8 Å². The van der Waals surface area contributed by atoms with Gasteiger partial charge < -0.3 is 5.11 Å². The number of phenols is 1. The number of pyridine rings is 2. The Bertz CT molecular complexity index is 1600. The lowest BCUT2D eigenvalue weighted by Crippen LogP contribution is -2.00. The topological polar surface area (TPSA) is 179 Å². The number of hydrogen-bond donors (Lipinski definition) is 3. The quantitative estimate of drug-likeness (QED) is 0.304. The maximum Gasteiger partial charge on any atom is 0.295 e. The van der Waals surface area contributed by atoms with Crippen molar-refractivity contribution in [3.8, 4) is 5.75 Å². The zero-order chi connectivity index (χ0) is 22.4. The fraction of sp³-hybridized carbons (Fsp3) is 0. The predicted molar refractivity (Wildman–Crippen MR) is 109 cm³/mol. The van der Waals surface area contributed by atoms with Crippen molar-refractivity contribution >= 4 is 53.4 Å². The predicted octanol–water partition coefficient (Wildman–Crippen LogP) is 3.40. The molecule has 2 aromatic heterocycles. The average molecular weight is 460 g/mol.